The Bertz CT molecular complexity index is 530. The number of benzene rings is 1. The van der Waals surface area contributed by atoms with Crippen molar-refractivity contribution in [1.82, 2.24) is 10.6 Å². The lowest BCUT2D eigenvalue weighted by atomic mass is 9.92. The van der Waals surface area contributed by atoms with Gasteiger partial charge in [0.05, 0.1) is 13.2 Å². The van der Waals surface area contributed by atoms with Crippen LogP contribution in [0.4, 0.5) is 5.69 Å². The average Bonchev–Trinajstić information content (AvgIpc) is 2.55. The fourth-order valence-corrected chi connectivity index (χ4v) is 2.69. The Morgan fingerprint density at radius 3 is 2.70 bits per heavy atom. The lowest BCUT2D eigenvalue weighted by molar-refractivity contribution is -0.128. The number of piperidine rings is 1. The zero-order valence-corrected chi connectivity index (χ0v) is 13.7. The Kier molecular flexibility index (Phi) is 6.40. The first-order valence-electron chi connectivity index (χ1n) is 8.12. The molecule has 0 spiro atoms. The van der Waals surface area contributed by atoms with E-state index in [1.165, 1.54) is 0 Å². The number of hydrogen-bond donors (Lipinski definition) is 3. The van der Waals surface area contributed by atoms with E-state index >= 15 is 0 Å². The molecule has 3 N–H and O–H groups in total. The van der Waals surface area contributed by atoms with Gasteiger partial charge in [-0.15, -0.1) is 0 Å². The molecule has 1 fully saturated rings. The van der Waals surface area contributed by atoms with Gasteiger partial charge in [0.1, 0.15) is 5.75 Å². The van der Waals surface area contributed by atoms with Gasteiger partial charge in [-0.1, -0.05) is 0 Å². The van der Waals surface area contributed by atoms with Crippen molar-refractivity contribution in [3.05, 3.63) is 24.3 Å². The molecule has 1 aliphatic heterocycles. The molecule has 2 atom stereocenters. The summed E-state index contributed by atoms with van der Waals surface area (Å²) in [4.78, 5) is 24.0. The van der Waals surface area contributed by atoms with Crippen molar-refractivity contribution in [3.63, 3.8) is 0 Å². The van der Waals surface area contributed by atoms with Crippen molar-refractivity contribution in [2.45, 2.75) is 32.7 Å². The maximum absolute atomic E-state index is 12.1. The monoisotopic (exact) mass is 319 g/mol. The molecule has 0 aliphatic carbocycles. The number of rotatable bonds is 6. The van der Waals surface area contributed by atoms with E-state index in [2.05, 4.69) is 22.9 Å². The summed E-state index contributed by atoms with van der Waals surface area (Å²) in [5.41, 5.74) is 0.684. The van der Waals surface area contributed by atoms with Crippen LogP contribution in [-0.2, 0) is 9.59 Å². The summed E-state index contributed by atoms with van der Waals surface area (Å²) in [7, 11) is 0. The highest BCUT2D eigenvalue weighted by Gasteiger charge is 2.24. The zero-order chi connectivity index (χ0) is 16.7. The molecule has 0 radical (unpaired) electrons. The SMILES string of the molecule is CCOc1ccc(NC(=O)CNC(=O)[C@H]2CCN[C@@H](C)C2)cc1. The van der Waals surface area contributed by atoms with Gasteiger partial charge in [-0.3, -0.25) is 9.59 Å². The molecule has 0 unspecified atom stereocenters. The number of ether oxygens (including phenoxy) is 1. The summed E-state index contributed by atoms with van der Waals surface area (Å²) in [6.07, 6.45) is 1.63. The minimum absolute atomic E-state index is 0.00957. The summed E-state index contributed by atoms with van der Waals surface area (Å²) >= 11 is 0. The van der Waals surface area contributed by atoms with Gasteiger partial charge in [0.15, 0.2) is 0 Å². The molecule has 2 amide bonds. The van der Waals surface area contributed by atoms with Crippen LogP contribution < -0.4 is 20.7 Å². The van der Waals surface area contributed by atoms with E-state index in [4.69, 9.17) is 4.74 Å². The maximum atomic E-state index is 12.1. The Morgan fingerprint density at radius 2 is 2.04 bits per heavy atom. The highest BCUT2D eigenvalue weighted by molar-refractivity contribution is 5.94. The quantitative estimate of drug-likeness (QED) is 0.743. The van der Waals surface area contributed by atoms with Gasteiger partial charge in [0.2, 0.25) is 11.8 Å². The smallest absolute Gasteiger partial charge is 0.243 e. The van der Waals surface area contributed by atoms with Crippen molar-refractivity contribution in [3.8, 4) is 5.75 Å². The van der Waals surface area contributed by atoms with Crippen LogP contribution in [0.5, 0.6) is 5.75 Å². The van der Waals surface area contributed by atoms with E-state index in [1.807, 2.05) is 6.92 Å². The molecule has 0 saturated carbocycles. The van der Waals surface area contributed by atoms with Gasteiger partial charge in [-0.25, -0.2) is 0 Å². The van der Waals surface area contributed by atoms with Crippen molar-refractivity contribution in [2.75, 3.05) is 25.0 Å². The molecular weight excluding hydrogens is 294 g/mol. The van der Waals surface area contributed by atoms with Crippen LogP contribution >= 0.6 is 0 Å². The first-order chi connectivity index (χ1) is 11.1. The van der Waals surface area contributed by atoms with Crippen molar-refractivity contribution in [1.29, 1.82) is 0 Å². The Morgan fingerprint density at radius 1 is 1.30 bits per heavy atom. The van der Waals surface area contributed by atoms with E-state index in [-0.39, 0.29) is 24.3 Å². The Balaban J connectivity index is 1.75. The molecule has 0 aromatic heterocycles. The van der Waals surface area contributed by atoms with Crippen molar-refractivity contribution >= 4 is 17.5 Å². The van der Waals surface area contributed by atoms with E-state index in [0.717, 1.165) is 25.1 Å². The molecule has 0 bridgehead atoms. The average molecular weight is 319 g/mol. The predicted octanol–water partition coefficient (Wildman–Crippen LogP) is 1.53. The van der Waals surface area contributed by atoms with Crippen LogP contribution in [0.1, 0.15) is 26.7 Å². The summed E-state index contributed by atoms with van der Waals surface area (Å²) < 4.78 is 5.35. The third-order valence-electron chi connectivity index (χ3n) is 3.87. The summed E-state index contributed by atoms with van der Waals surface area (Å²) in [6.45, 7) is 5.43. The molecule has 1 heterocycles. The minimum Gasteiger partial charge on any atom is -0.494 e. The van der Waals surface area contributed by atoms with Crippen LogP contribution in [0, 0.1) is 5.92 Å². The standard InChI is InChI=1S/C17H25N3O3/c1-3-23-15-6-4-14(5-7-15)20-16(21)11-19-17(22)13-8-9-18-12(2)10-13/h4-7,12-13,18H,3,8-11H2,1-2H3,(H,19,22)(H,20,21)/t12-,13-/m0/s1. The summed E-state index contributed by atoms with van der Waals surface area (Å²) in [5.74, 6) is 0.480. The van der Waals surface area contributed by atoms with Crippen LogP contribution in [0.15, 0.2) is 24.3 Å². The first-order valence-corrected chi connectivity index (χ1v) is 8.12. The molecule has 126 valence electrons. The van der Waals surface area contributed by atoms with E-state index in [0.29, 0.717) is 18.3 Å². The van der Waals surface area contributed by atoms with Gasteiger partial charge in [0, 0.05) is 17.6 Å². The molecule has 1 aromatic rings. The molecule has 1 saturated heterocycles. The van der Waals surface area contributed by atoms with Gasteiger partial charge in [-0.2, -0.15) is 0 Å². The molecule has 2 rings (SSSR count). The molecular formula is C17H25N3O3. The topological polar surface area (TPSA) is 79.5 Å². The van der Waals surface area contributed by atoms with Gasteiger partial charge < -0.3 is 20.7 Å². The molecule has 23 heavy (non-hydrogen) atoms. The predicted molar refractivity (Wildman–Crippen MR) is 89.4 cm³/mol. The second kappa shape index (κ2) is 8.53. The van der Waals surface area contributed by atoms with Gasteiger partial charge in [-0.05, 0) is 57.5 Å². The van der Waals surface area contributed by atoms with E-state index < -0.39 is 0 Å². The van der Waals surface area contributed by atoms with Crippen molar-refractivity contribution < 1.29 is 14.3 Å². The lowest BCUT2D eigenvalue weighted by Gasteiger charge is -2.26. The third kappa shape index (κ3) is 5.56. The number of carbonyl (C=O) groups excluding carboxylic acids is 2. The molecule has 6 nitrogen and oxygen atoms in total. The fourth-order valence-electron chi connectivity index (χ4n) is 2.69. The largest absolute Gasteiger partial charge is 0.494 e. The zero-order valence-electron chi connectivity index (χ0n) is 13.7. The minimum atomic E-state index is -0.232. The Labute approximate surface area is 137 Å². The lowest BCUT2D eigenvalue weighted by Crippen LogP contribution is -2.44. The van der Waals surface area contributed by atoms with Crippen LogP contribution in [-0.4, -0.2) is 37.6 Å². The van der Waals surface area contributed by atoms with Crippen LogP contribution in [0.2, 0.25) is 0 Å². The van der Waals surface area contributed by atoms with Gasteiger partial charge in [0.25, 0.3) is 0 Å². The normalized spacial score (nSPS) is 20.6. The second-order valence-corrected chi connectivity index (χ2v) is 5.80. The number of amides is 2. The number of nitrogens with one attached hydrogen (secondary N) is 3. The van der Waals surface area contributed by atoms with Crippen molar-refractivity contribution in [2.24, 2.45) is 5.92 Å². The molecule has 1 aliphatic rings. The molecule has 6 heteroatoms. The third-order valence-corrected chi connectivity index (χ3v) is 3.87. The van der Waals surface area contributed by atoms with Gasteiger partial charge >= 0.3 is 0 Å². The highest BCUT2D eigenvalue weighted by atomic mass is 16.5. The first kappa shape index (κ1) is 17.3. The van der Waals surface area contributed by atoms with Crippen LogP contribution in [0.25, 0.3) is 0 Å². The summed E-state index contributed by atoms with van der Waals surface area (Å²) in [5, 5.41) is 8.79. The fraction of sp³-hybridized carbons (Fsp3) is 0.529. The number of hydrogen-bond acceptors (Lipinski definition) is 4. The summed E-state index contributed by atoms with van der Waals surface area (Å²) in [6, 6.07) is 7.50. The molecule has 1 aromatic carbocycles. The Hall–Kier alpha value is -2.08. The second-order valence-electron chi connectivity index (χ2n) is 5.80. The van der Waals surface area contributed by atoms with Crippen LogP contribution in [0.3, 0.4) is 0 Å². The highest BCUT2D eigenvalue weighted by Crippen LogP contribution is 2.16. The van der Waals surface area contributed by atoms with E-state index in [9.17, 15) is 9.59 Å². The maximum Gasteiger partial charge on any atom is 0.243 e. The number of carbonyl (C=O) groups is 2. The number of anilines is 1. The van der Waals surface area contributed by atoms with E-state index in [1.54, 1.807) is 24.3 Å².